The van der Waals surface area contributed by atoms with Crippen LogP contribution in [-0.2, 0) is 32.6 Å². The SMILES string of the molecule is CC[C@H](C)NC(=O)[C@H](Cc1ccccc1)N(Cc1ccc(Cl)c(Cl)c1)C(=O)CCCN(c1cc(C)ccc1C)S(C)(=O)=O. The quantitative estimate of drug-likeness (QED) is 0.211. The van der Waals surface area contributed by atoms with E-state index in [1.807, 2.05) is 76.2 Å². The molecule has 0 fully saturated rings. The number of halogens is 2. The van der Waals surface area contributed by atoms with Crippen molar-refractivity contribution in [2.75, 3.05) is 17.1 Å². The van der Waals surface area contributed by atoms with Crippen molar-refractivity contribution < 1.29 is 18.0 Å². The summed E-state index contributed by atoms with van der Waals surface area (Å²) < 4.78 is 26.9. The third-order valence-corrected chi connectivity index (χ3v) is 9.31. The minimum absolute atomic E-state index is 0.0418. The fourth-order valence-corrected chi connectivity index (χ4v) is 6.14. The molecule has 3 aromatic carbocycles. The monoisotopic (exact) mass is 645 g/mol. The average molecular weight is 647 g/mol. The van der Waals surface area contributed by atoms with Gasteiger partial charge in [-0.25, -0.2) is 8.42 Å². The zero-order valence-corrected chi connectivity index (χ0v) is 27.8. The second-order valence-electron chi connectivity index (χ2n) is 11.0. The summed E-state index contributed by atoms with van der Waals surface area (Å²) in [7, 11) is -3.60. The maximum atomic E-state index is 14.0. The third kappa shape index (κ3) is 9.98. The minimum Gasteiger partial charge on any atom is -0.352 e. The molecule has 2 amide bonds. The van der Waals surface area contributed by atoms with E-state index in [4.69, 9.17) is 23.2 Å². The van der Waals surface area contributed by atoms with Crippen LogP contribution in [0.3, 0.4) is 0 Å². The summed E-state index contributed by atoms with van der Waals surface area (Å²) >= 11 is 12.5. The predicted octanol–water partition coefficient (Wildman–Crippen LogP) is 6.71. The van der Waals surface area contributed by atoms with Crippen LogP contribution in [0.25, 0.3) is 0 Å². The number of benzene rings is 3. The van der Waals surface area contributed by atoms with Crippen molar-refractivity contribution in [3.05, 3.63) is 99.0 Å². The lowest BCUT2D eigenvalue weighted by atomic mass is 10.0. The Morgan fingerprint density at radius 1 is 0.930 bits per heavy atom. The van der Waals surface area contributed by atoms with Crippen molar-refractivity contribution in [3.8, 4) is 0 Å². The van der Waals surface area contributed by atoms with Gasteiger partial charge in [0.05, 0.1) is 22.0 Å². The van der Waals surface area contributed by atoms with Crippen molar-refractivity contribution in [3.63, 3.8) is 0 Å². The second-order valence-corrected chi connectivity index (χ2v) is 13.7. The van der Waals surface area contributed by atoms with Crippen LogP contribution in [0.1, 0.15) is 55.4 Å². The van der Waals surface area contributed by atoms with E-state index in [0.717, 1.165) is 28.7 Å². The number of hydrogen-bond acceptors (Lipinski definition) is 4. The zero-order valence-electron chi connectivity index (χ0n) is 25.4. The summed E-state index contributed by atoms with van der Waals surface area (Å²) in [6.07, 6.45) is 2.53. The van der Waals surface area contributed by atoms with Crippen LogP contribution >= 0.6 is 23.2 Å². The summed E-state index contributed by atoms with van der Waals surface area (Å²) in [5.41, 5.74) is 4.00. The Hall–Kier alpha value is -3.07. The molecule has 10 heteroatoms. The maximum absolute atomic E-state index is 14.0. The number of carbonyl (C=O) groups is 2. The summed E-state index contributed by atoms with van der Waals surface area (Å²) in [6, 6.07) is 19.5. The molecule has 3 aromatic rings. The van der Waals surface area contributed by atoms with Crippen LogP contribution in [0.15, 0.2) is 66.7 Å². The first kappa shape index (κ1) is 34.4. The number of hydrogen-bond donors (Lipinski definition) is 1. The molecule has 0 saturated carbocycles. The van der Waals surface area contributed by atoms with E-state index in [0.29, 0.717) is 22.2 Å². The summed E-state index contributed by atoms with van der Waals surface area (Å²) in [6.45, 7) is 7.94. The van der Waals surface area contributed by atoms with E-state index >= 15 is 0 Å². The molecular formula is C33H41Cl2N3O4S. The first-order valence-corrected chi connectivity index (χ1v) is 17.0. The molecule has 0 aliphatic carbocycles. The van der Waals surface area contributed by atoms with Gasteiger partial charge in [-0.2, -0.15) is 0 Å². The smallest absolute Gasteiger partial charge is 0.243 e. The molecule has 0 spiro atoms. The van der Waals surface area contributed by atoms with Crippen LogP contribution in [-0.4, -0.2) is 50.0 Å². The molecule has 1 N–H and O–H groups in total. The normalized spacial score (nSPS) is 12.8. The minimum atomic E-state index is -3.60. The third-order valence-electron chi connectivity index (χ3n) is 7.39. The van der Waals surface area contributed by atoms with Crippen molar-refractivity contribution >= 4 is 50.7 Å². The highest BCUT2D eigenvalue weighted by atomic mass is 35.5. The lowest BCUT2D eigenvalue weighted by molar-refractivity contribution is -0.141. The van der Waals surface area contributed by atoms with Crippen LogP contribution in [0.4, 0.5) is 5.69 Å². The molecule has 2 atom stereocenters. The topological polar surface area (TPSA) is 86.8 Å². The van der Waals surface area contributed by atoms with Crippen LogP contribution in [0, 0.1) is 13.8 Å². The standard InChI is InChI=1S/C33H41Cl2N3O4S/c1-6-25(4)36-33(40)31(21-26-11-8-7-9-12-26)37(22-27-16-17-28(34)29(35)20-27)32(39)13-10-18-38(43(5,41)42)30-19-23(2)14-15-24(30)3/h7-9,11-12,14-17,19-20,25,31H,6,10,13,18,21-22H2,1-5H3,(H,36,40)/t25-,31-/m0/s1. The highest BCUT2D eigenvalue weighted by molar-refractivity contribution is 7.92. The second kappa shape index (κ2) is 15.6. The highest BCUT2D eigenvalue weighted by Gasteiger charge is 2.31. The summed E-state index contributed by atoms with van der Waals surface area (Å²) in [4.78, 5) is 29.3. The van der Waals surface area contributed by atoms with E-state index in [1.54, 1.807) is 23.1 Å². The Morgan fingerprint density at radius 2 is 1.63 bits per heavy atom. The van der Waals surface area contributed by atoms with Gasteiger partial charge in [0.2, 0.25) is 21.8 Å². The van der Waals surface area contributed by atoms with E-state index in [9.17, 15) is 18.0 Å². The van der Waals surface area contributed by atoms with Gasteiger partial charge in [0, 0.05) is 32.0 Å². The maximum Gasteiger partial charge on any atom is 0.243 e. The molecule has 43 heavy (non-hydrogen) atoms. The molecule has 0 unspecified atom stereocenters. The van der Waals surface area contributed by atoms with Gasteiger partial charge in [0.25, 0.3) is 0 Å². The Bertz CT molecular complexity index is 1520. The van der Waals surface area contributed by atoms with Gasteiger partial charge in [-0.15, -0.1) is 0 Å². The van der Waals surface area contributed by atoms with Crippen molar-refractivity contribution in [1.82, 2.24) is 10.2 Å². The first-order valence-electron chi connectivity index (χ1n) is 14.4. The molecule has 3 rings (SSSR count). The molecule has 7 nitrogen and oxygen atoms in total. The molecule has 0 bridgehead atoms. The zero-order chi connectivity index (χ0) is 31.7. The van der Waals surface area contributed by atoms with E-state index in [2.05, 4.69) is 5.32 Å². The van der Waals surface area contributed by atoms with Crippen molar-refractivity contribution in [2.45, 2.75) is 72.0 Å². The van der Waals surface area contributed by atoms with Gasteiger partial charge in [0.1, 0.15) is 6.04 Å². The van der Waals surface area contributed by atoms with Gasteiger partial charge >= 0.3 is 0 Å². The highest BCUT2D eigenvalue weighted by Crippen LogP contribution is 2.26. The fourth-order valence-electron chi connectivity index (χ4n) is 4.80. The summed E-state index contributed by atoms with van der Waals surface area (Å²) in [5.74, 6) is -0.513. The van der Waals surface area contributed by atoms with E-state index < -0.39 is 16.1 Å². The van der Waals surface area contributed by atoms with Crippen LogP contribution in [0.5, 0.6) is 0 Å². The number of rotatable bonds is 14. The van der Waals surface area contributed by atoms with E-state index in [-0.39, 0.29) is 43.8 Å². The number of carbonyl (C=O) groups excluding carboxylic acids is 2. The van der Waals surface area contributed by atoms with Crippen LogP contribution < -0.4 is 9.62 Å². The Balaban J connectivity index is 1.93. The molecule has 0 aliphatic rings. The van der Waals surface area contributed by atoms with Gasteiger partial charge < -0.3 is 10.2 Å². The van der Waals surface area contributed by atoms with Gasteiger partial charge in [-0.3, -0.25) is 13.9 Å². The number of sulfonamides is 1. The van der Waals surface area contributed by atoms with Gasteiger partial charge in [-0.05, 0) is 74.1 Å². The van der Waals surface area contributed by atoms with Gasteiger partial charge in [0.15, 0.2) is 0 Å². The molecule has 0 aliphatic heterocycles. The number of anilines is 1. The van der Waals surface area contributed by atoms with Crippen molar-refractivity contribution in [2.24, 2.45) is 0 Å². The molecule has 0 radical (unpaired) electrons. The number of amides is 2. The Labute approximate surface area is 266 Å². The average Bonchev–Trinajstić information content (AvgIpc) is 2.96. The van der Waals surface area contributed by atoms with Crippen LogP contribution in [0.2, 0.25) is 10.0 Å². The molecule has 232 valence electrons. The Morgan fingerprint density at radius 3 is 2.26 bits per heavy atom. The molecule has 0 aromatic heterocycles. The predicted molar refractivity (Wildman–Crippen MR) is 176 cm³/mol. The largest absolute Gasteiger partial charge is 0.352 e. The summed E-state index contributed by atoms with van der Waals surface area (Å²) in [5, 5.41) is 3.80. The Kier molecular flexibility index (Phi) is 12.5. The number of nitrogens with zero attached hydrogens (tertiary/aromatic N) is 2. The first-order chi connectivity index (χ1) is 20.3. The lowest BCUT2D eigenvalue weighted by Gasteiger charge is -2.33. The fraction of sp³-hybridized carbons (Fsp3) is 0.394. The lowest BCUT2D eigenvalue weighted by Crippen LogP contribution is -2.52. The van der Waals surface area contributed by atoms with E-state index in [1.165, 1.54) is 10.6 Å². The van der Waals surface area contributed by atoms with Crippen molar-refractivity contribution in [1.29, 1.82) is 0 Å². The van der Waals surface area contributed by atoms with Gasteiger partial charge in [-0.1, -0.05) is 78.7 Å². The number of aryl methyl sites for hydroxylation is 2. The molecular weight excluding hydrogens is 605 g/mol. The molecule has 0 heterocycles. The number of nitrogens with one attached hydrogen (secondary N) is 1. The molecule has 0 saturated heterocycles.